The standard InChI is InChI=1S/C20H20BrN3O4S2/c1-28-14-7-9-15(10-8-14)30(26,27)24-11-3-4-13(12-24)19(25)23-20-22-18-16(21)5-2-6-17(18)29-20/h2,5-10,13H,3-4,11-12H2,1H3,(H,22,23,25). The molecular formula is C20H20BrN3O4S2. The van der Waals surface area contributed by atoms with Gasteiger partial charge in [-0.3, -0.25) is 4.79 Å². The van der Waals surface area contributed by atoms with Crippen molar-refractivity contribution in [2.24, 2.45) is 5.92 Å². The monoisotopic (exact) mass is 509 g/mol. The van der Waals surface area contributed by atoms with Crippen LogP contribution in [-0.4, -0.2) is 43.8 Å². The van der Waals surface area contributed by atoms with Gasteiger partial charge in [0.1, 0.15) is 5.75 Å². The minimum Gasteiger partial charge on any atom is -0.497 e. The van der Waals surface area contributed by atoms with E-state index in [0.717, 1.165) is 14.7 Å². The van der Waals surface area contributed by atoms with Crippen molar-refractivity contribution in [3.05, 3.63) is 46.9 Å². The molecule has 3 aromatic rings. The van der Waals surface area contributed by atoms with Crippen LogP contribution in [-0.2, 0) is 14.8 Å². The first-order chi connectivity index (χ1) is 14.4. The summed E-state index contributed by atoms with van der Waals surface area (Å²) in [6.07, 6.45) is 1.26. The van der Waals surface area contributed by atoms with Gasteiger partial charge in [0.2, 0.25) is 15.9 Å². The maximum Gasteiger partial charge on any atom is 0.243 e. The van der Waals surface area contributed by atoms with Crippen LogP contribution < -0.4 is 10.1 Å². The van der Waals surface area contributed by atoms with E-state index in [9.17, 15) is 13.2 Å². The second kappa shape index (κ2) is 8.62. The number of fused-ring (bicyclic) bond motifs is 1. The van der Waals surface area contributed by atoms with E-state index in [1.54, 1.807) is 12.1 Å². The molecule has 2 heterocycles. The molecule has 1 unspecified atom stereocenters. The molecule has 1 aliphatic rings. The summed E-state index contributed by atoms with van der Waals surface area (Å²) >= 11 is 4.86. The highest BCUT2D eigenvalue weighted by Crippen LogP contribution is 2.32. The molecule has 1 N–H and O–H groups in total. The Morgan fingerprint density at radius 2 is 2.03 bits per heavy atom. The van der Waals surface area contributed by atoms with Crippen LogP contribution in [0.1, 0.15) is 12.8 Å². The van der Waals surface area contributed by atoms with E-state index < -0.39 is 15.9 Å². The minimum atomic E-state index is -3.67. The van der Waals surface area contributed by atoms with Gasteiger partial charge in [-0.05, 0) is 65.2 Å². The third-order valence-corrected chi connectivity index (χ3v) is 8.51. The number of para-hydroxylation sites is 1. The molecule has 158 valence electrons. The Hall–Kier alpha value is -2.01. The van der Waals surface area contributed by atoms with Crippen molar-refractivity contribution in [2.45, 2.75) is 17.7 Å². The Labute approximate surface area is 187 Å². The molecule has 0 radical (unpaired) electrons. The molecule has 2 aromatic carbocycles. The number of sulfonamides is 1. The van der Waals surface area contributed by atoms with Crippen molar-refractivity contribution in [3.63, 3.8) is 0 Å². The number of nitrogens with one attached hydrogen (secondary N) is 1. The fourth-order valence-corrected chi connectivity index (χ4v) is 6.45. The zero-order valence-corrected chi connectivity index (χ0v) is 19.4. The number of carbonyl (C=O) groups is 1. The number of methoxy groups -OCH3 is 1. The van der Waals surface area contributed by atoms with Gasteiger partial charge in [-0.25, -0.2) is 13.4 Å². The molecule has 0 aliphatic carbocycles. The van der Waals surface area contributed by atoms with Crippen LogP contribution >= 0.6 is 27.3 Å². The molecule has 0 saturated carbocycles. The van der Waals surface area contributed by atoms with Crippen LogP contribution in [0.15, 0.2) is 51.8 Å². The number of anilines is 1. The van der Waals surface area contributed by atoms with Gasteiger partial charge in [0.05, 0.1) is 28.1 Å². The summed E-state index contributed by atoms with van der Waals surface area (Å²) in [6, 6.07) is 12.0. The zero-order valence-electron chi connectivity index (χ0n) is 16.2. The minimum absolute atomic E-state index is 0.148. The number of halogens is 1. The normalized spacial score (nSPS) is 17.7. The van der Waals surface area contributed by atoms with Crippen LogP contribution in [0.4, 0.5) is 5.13 Å². The number of benzene rings is 2. The number of nitrogens with zero attached hydrogens (tertiary/aromatic N) is 2. The molecule has 1 aliphatic heterocycles. The number of aromatic nitrogens is 1. The van der Waals surface area contributed by atoms with Crippen molar-refractivity contribution >= 4 is 58.5 Å². The summed E-state index contributed by atoms with van der Waals surface area (Å²) in [5, 5.41) is 3.38. The second-order valence-corrected chi connectivity index (χ2v) is 10.8. The first kappa shape index (κ1) is 21.2. The number of carbonyl (C=O) groups excluding carboxylic acids is 1. The van der Waals surface area contributed by atoms with Gasteiger partial charge in [0.25, 0.3) is 0 Å². The zero-order chi connectivity index (χ0) is 21.3. The third kappa shape index (κ3) is 4.22. The number of piperidine rings is 1. The molecule has 30 heavy (non-hydrogen) atoms. The Morgan fingerprint density at radius 3 is 2.73 bits per heavy atom. The first-order valence-electron chi connectivity index (χ1n) is 9.38. The highest BCUT2D eigenvalue weighted by atomic mass is 79.9. The maximum absolute atomic E-state index is 13.0. The number of amides is 1. The Bertz CT molecular complexity index is 1180. The summed E-state index contributed by atoms with van der Waals surface area (Å²) in [7, 11) is -2.14. The van der Waals surface area contributed by atoms with Gasteiger partial charge in [-0.1, -0.05) is 17.4 Å². The van der Waals surface area contributed by atoms with E-state index in [-0.39, 0.29) is 17.3 Å². The van der Waals surface area contributed by atoms with E-state index in [1.807, 2.05) is 18.2 Å². The lowest BCUT2D eigenvalue weighted by Gasteiger charge is -2.31. The number of thiazole rings is 1. The van der Waals surface area contributed by atoms with E-state index in [1.165, 1.54) is 34.9 Å². The van der Waals surface area contributed by atoms with E-state index in [4.69, 9.17) is 4.74 Å². The summed E-state index contributed by atoms with van der Waals surface area (Å²) in [6.45, 7) is 0.543. The highest BCUT2D eigenvalue weighted by molar-refractivity contribution is 9.10. The molecule has 1 atom stereocenters. The Balaban J connectivity index is 1.48. The van der Waals surface area contributed by atoms with Gasteiger partial charge in [-0.2, -0.15) is 4.31 Å². The third-order valence-electron chi connectivity index (χ3n) is 5.05. The molecule has 0 bridgehead atoms. The lowest BCUT2D eigenvalue weighted by Crippen LogP contribution is -2.43. The van der Waals surface area contributed by atoms with Crippen molar-refractivity contribution < 1.29 is 17.9 Å². The van der Waals surface area contributed by atoms with Gasteiger partial charge >= 0.3 is 0 Å². The number of ether oxygens (including phenoxy) is 1. The van der Waals surface area contributed by atoms with Gasteiger partial charge in [0.15, 0.2) is 5.13 Å². The number of hydrogen-bond acceptors (Lipinski definition) is 6. The fourth-order valence-electron chi connectivity index (χ4n) is 3.45. The quantitative estimate of drug-likeness (QED) is 0.558. The Kier molecular flexibility index (Phi) is 6.10. The summed E-state index contributed by atoms with van der Waals surface area (Å²) in [5.74, 6) is -0.0469. The van der Waals surface area contributed by atoms with Crippen LogP contribution in [0, 0.1) is 5.92 Å². The molecule has 10 heteroatoms. The topological polar surface area (TPSA) is 88.6 Å². The summed E-state index contributed by atoms with van der Waals surface area (Å²) in [5.41, 5.74) is 0.796. The highest BCUT2D eigenvalue weighted by Gasteiger charge is 2.33. The molecule has 1 amide bonds. The average molecular weight is 510 g/mol. The second-order valence-electron chi connectivity index (χ2n) is 6.97. The van der Waals surface area contributed by atoms with Gasteiger partial charge in [-0.15, -0.1) is 0 Å². The first-order valence-corrected chi connectivity index (χ1v) is 12.4. The molecule has 1 fully saturated rings. The molecule has 0 spiro atoms. The molecule has 7 nitrogen and oxygen atoms in total. The van der Waals surface area contributed by atoms with Crippen LogP contribution in [0.3, 0.4) is 0 Å². The maximum atomic E-state index is 13.0. The fraction of sp³-hybridized carbons (Fsp3) is 0.300. The average Bonchev–Trinajstić information content (AvgIpc) is 3.17. The number of hydrogen-bond donors (Lipinski definition) is 1. The Morgan fingerprint density at radius 1 is 1.27 bits per heavy atom. The smallest absolute Gasteiger partial charge is 0.243 e. The molecule has 4 rings (SSSR count). The van der Waals surface area contributed by atoms with E-state index >= 15 is 0 Å². The van der Waals surface area contributed by atoms with Gasteiger partial charge in [0, 0.05) is 17.6 Å². The number of rotatable bonds is 5. The molecular weight excluding hydrogens is 490 g/mol. The molecule has 1 saturated heterocycles. The van der Waals surface area contributed by atoms with Crippen molar-refractivity contribution in [3.8, 4) is 5.75 Å². The van der Waals surface area contributed by atoms with Crippen molar-refractivity contribution in [2.75, 3.05) is 25.5 Å². The lowest BCUT2D eigenvalue weighted by molar-refractivity contribution is -0.120. The van der Waals surface area contributed by atoms with Crippen LogP contribution in [0.25, 0.3) is 10.2 Å². The van der Waals surface area contributed by atoms with Crippen molar-refractivity contribution in [1.29, 1.82) is 0 Å². The SMILES string of the molecule is COc1ccc(S(=O)(=O)N2CCCC(C(=O)Nc3nc4c(Br)cccc4s3)C2)cc1. The van der Waals surface area contributed by atoms with Crippen LogP contribution in [0.2, 0.25) is 0 Å². The summed E-state index contributed by atoms with van der Waals surface area (Å²) < 4.78 is 34.3. The largest absolute Gasteiger partial charge is 0.497 e. The van der Waals surface area contributed by atoms with Crippen molar-refractivity contribution in [1.82, 2.24) is 9.29 Å². The van der Waals surface area contributed by atoms with E-state index in [2.05, 4.69) is 26.2 Å². The van der Waals surface area contributed by atoms with Crippen LogP contribution in [0.5, 0.6) is 5.75 Å². The molecule has 1 aromatic heterocycles. The summed E-state index contributed by atoms with van der Waals surface area (Å²) in [4.78, 5) is 17.5. The predicted molar refractivity (Wildman–Crippen MR) is 120 cm³/mol. The van der Waals surface area contributed by atoms with Gasteiger partial charge < -0.3 is 10.1 Å². The predicted octanol–water partition coefficient (Wildman–Crippen LogP) is 4.11. The van der Waals surface area contributed by atoms with E-state index in [0.29, 0.717) is 30.3 Å². The lowest BCUT2D eigenvalue weighted by atomic mass is 9.99.